The highest BCUT2D eigenvalue weighted by Gasteiger charge is 2.76. The molecule has 2 aliphatic heterocycles. The van der Waals surface area contributed by atoms with Crippen molar-refractivity contribution in [3.05, 3.63) is 83.9 Å². The van der Waals surface area contributed by atoms with Crippen LogP contribution in [0.4, 0.5) is 0 Å². The minimum Gasteiger partial charge on any atom is -0.364 e. The van der Waals surface area contributed by atoms with Crippen LogP contribution in [0.15, 0.2) is 72.8 Å². The van der Waals surface area contributed by atoms with Crippen LogP contribution in [0.25, 0.3) is 10.8 Å². The SMILES string of the molecule is C[C@@H]1C[N@@+]2(Cc3ccc4ccccc4c3)C[C@@](C)(OCc3ccccc3)[C@H]3CC[C@@H]1[C@]32C. The minimum atomic E-state index is -0.0592. The molecule has 166 valence electrons. The zero-order chi connectivity index (χ0) is 22.0. The van der Waals surface area contributed by atoms with E-state index in [0.29, 0.717) is 11.5 Å². The van der Waals surface area contributed by atoms with Gasteiger partial charge in [0.1, 0.15) is 24.2 Å². The van der Waals surface area contributed by atoms with Gasteiger partial charge >= 0.3 is 0 Å². The summed E-state index contributed by atoms with van der Waals surface area (Å²) in [6, 6.07) is 26.6. The van der Waals surface area contributed by atoms with Gasteiger partial charge in [0.05, 0.1) is 13.2 Å². The molecule has 32 heavy (non-hydrogen) atoms. The molecule has 3 aromatic rings. The topological polar surface area (TPSA) is 9.23 Å². The van der Waals surface area contributed by atoms with Crippen LogP contribution < -0.4 is 0 Å². The van der Waals surface area contributed by atoms with Gasteiger partial charge in [-0.3, -0.25) is 0 Å². The Morgan fingerprint density at radius 1 is 0.875 bits per heavy atom. The first-order valence-electron chi connectivity index (χ1n) is 12.5. The van der Waals surface area contributed by atoms with Gasteiger partial charge in [-0.05, 0) is 49.1 Å². The summed E-state index contributed by atoms with van der Waals surface area (Å²) < 4.78 is 8.06. The van der Waals surface area contributed by atoms with Crippen molar-refractivity contribution < 1.29 is 9.22 Å². The number of benzene rings is 3. The summed E-state index contributed by atoms with van der Waals surface area (Å²) in [5, 5.41) is 2.70. The molecule has 0 spiro atoms. The average Bonchev–Trinajstić information content (AvgIpc) is 3.33. The smallest absolute Gasteiger partial charge is 0.123 e. The third kappa shape index (κ3) is 2.85. The fourth-order valence-corrected chi connectivity index (χ4v) is 8.42. The summed E-state index contributed by atoms with van der Waals surface area (Å²) in [5.74, 6) is 2.24. The first-order chi connectivity index (χ1) is 15.4. The van der Waals surface area contributed by atoms with Gasteiger partial charge in [0.15, 0.2) is 0 Å². The molecule has 0 aromatic heterocycles. The van der Waals surface area contributed by atoms with Crippen LogP contribution in [0.1, 0.15) is 44.7 Å². The highest BCUT2D eigenvalue weighted by molar-refractivity contribution is 5.82. The second kappa shape index (κ2) is 7.17. The molecule has 2 nitrogen and oxygen atoms in total. The standard InChI is InChI=1S/C30H36NO/c1-22-18-31(19-24-13-14-25-11-7-8-12-26(25)17-24)21-29(2,28-16-15-27(22)30(28,31)3)32-20-23-9-5-4-6-10-23/h4-14,17,22,27-28H,15-16,18-21H2,1-3H3/q+1/t22-,27+,28-,29-,30-,31-/m1/s1. The lowest BCUT2D eigenvalue weighted by molar-refractivity contribution is -0.967. The Hall–Kier alpha value is -2.16. The Bertz CT molecular complexity index is 1140. The van der Waals surface area contributed by atoms with Gasteiger partial charge in [0, 0.05) is 23.3 Å². The molecule has 0 bridgehead atoms. The van der Waals surface area contributed by atoms with E-state index in [1.807, 2.05) is 0 Å². The van der Waals surface area contributed by atoms with Crippen molar-refractivity contribution in [2.24, 2.45) is 17.8 Å². The van der Waals surface area contributed by atoms with E-state index < -0.39 is 0 Å². The first-order valence-corrected chi connectivity index (χ1v) is 12.5. The zero-order valence-corrected chi connectivity index (χ0v) is 19.8. The lowest BCUT2D eigenvalue weighted by Crippen LogP contribution is -2.57. The van der Waals surface area contributed by atoms with Crippen LogP contribution in [0.5, 0.6) is 0 Å². The Morgan fingerprint density at radius 3 is 2.44 bits per heavy atom. The van der Waals surface area contributed by atoms with E-state index in [0.717, 1.165) is 31.5 Å². The monoisotopic (exact) mass is 426 g/mol. The molecule has 1 aliphatic carbocycles. The highest BCUT2D eigenvalue weighted by atomic mass is 16.5. The highest BCUT2D eigenvalue weighted by Crippen LogP contribution is 2.65. The zero-order valence-electron chi connectivity index (χ0n) is 19.8. The van der Waals surface area contributed by atoms with Gasteiger partial charge in [0.2, 0.25) is 0 Å². The molecule has 3 aromatic carbocycles. The number of rotatable bonds is 5. The third-order valence-corrected chi connectivity index (χ3v) is 9.63. The molecule has 1 saturated carbocycles. The molecule has 0 unspecified atom stereocenters. The molecular formula is C30H36NO+. The Balaban J connectivity index is 1.35. The molecule has 2 heterocycles. The van der Waals surface area contributed by atoms with Crippen molar-refractivity contribution in [1.82, 2.24) is 0 Å². The van der Waals surface area contributed by atoms with Crippen molar-refractivity contribution >= 4 is 10.8 Å². The van der Waals surface area contributed by atoms with Gasteiger partial charge in [-0.2, -0.15) is 0 Å². The third-order valence-electron chi connectivity index (χ3n) is 9.63. The number of ether oxygens (including phenoxy) is 1. The van der Waals surface area contributed by atoms with E-state index >= 15 is 0 Å². The van der Waals surface area contributed by atoms with Crippen LogP contribution >= 0.6 is 0 Å². The van der Waals surface area contributed by atoms with Crippen molar-refractivity contribution in [3.63, 3.8) is 0 Å². The molecule has 3 aliphatic rings. The molecule has 6 rings (SSSR count). The normalized spacial score (nSPS) is 37.8. The lowest BCUT2D eigenvalue weighted by atomic mass is 9.76. The predicted molar refractivity (Wildman–Crippen MR) is 131 cm³/mol. The summed E-state index contributed by atoms with van der Waals surface area (Å²) in [5.41, 5.74) is 3.03. The van der Waals surface area contributed by atoms with E-state index in [4.69, 9.17) is 4.74 Å². The Kier molecular flexibility index (Phi) is 4.58. The predicted octanol–water partition coefficient (Wildman–Crippen LogP) is 6.58. The summed E-state index contributed by atoms with van der Waals surface area (Å²) in [6.07, 6.45) is 2.68. The second-order valence-corrected chi connectivity index (χ2v) is 11.4. The maximum Gasteiger partial charge on any atom is 0.123 e. The largest absolute Gasteiger partial charge is 0.364 e. The quantitative estimate of drug-likeness (QED) is 0.419. The number of nitrogens with zero attached hydrogens (tertiary/aromatic N) is 1. The van der Waals surface area contributed by atoms with Gasteiger partial charge < -0.3 is 9.22 Å². The first kappa shape index (κ1) is 20.4. The van der Waals surface area contributed by atoms with Crippen LogP contribution in [0, 0.1) is 17.8 Å². The van der Waals surface area contributed by atoms with Crippen molar-refractivity contribution in [2.45, 2.75) is 57.9 Å². The maximum atomic E-state index is 6.86. The summed E-state index contributed by atoms with van der Waals surface area (Å²) in [6.45, 7) is 11.8. The number of hydrogen-bond donors (Lipinski definition) is 0. The molecule has 0 amide bonds. The van der Waals surface area contributed by atoms with Crippen LogP contribution in [-0.4, -0.2) is 28.7 Å². The number of fused-ring (bicyclic) bond motifs is 1. The second-order valence-electron chi connectivity index (χ2n) is 11.4. The van der Waals surface area contributed by atoms with Crippen LogP contribution in [0.2, 0.25) is 0 Å². The van der Waals surface area contributed by atoms with E-state index in [1.165, 1.54) is 45.8 Å². The number of hydrogen-bond acceptors (Lipinski definition) is 1. The van der Waals surface area contributed by atoms with Gasteiger partial charge in [0.25, 0.3) is 0 Å². The summed E-state index contributed by atoms with van der Waals surface area (Å²) >= 11 is 0. The van der Waals surface area contributed by atoms with Crippen LogP contribution in [0.3, 0.4) is 0 Å². The molecule has 3 fully saturated rings. The van der Waals surface area contributed by atoms with Crippen LogP contribution in [-0.2, 0) is 17.9 Å². The fourth-order valence-electron chi connectivity index (χ4n) is 8.42. The van der Waals surface area contributed by atoms with E-state index in [-0.39, 0.29) is 5.60 Å². The fraction of sp³-hybridized carbons (Fsp3) is 0.467. The Labute approximate surface area is 192 Å². The summed E-state index contributed by atoms with van der Waals surface area (Å²) in [4.78, 5) is 0. The van der Waals surface area contributed by atoms with Gasteiger partial charge in [-0.15, -0.1) is 0 Å². The maximum absolute atomic E-state index is 6.86. The van der Waals surface area contributed by atoms with Crippen molar-refractivity contribution in [2.75, 3.05) is 13.1 Å². The minimum absolute atomic E-state index is 0.0592. The number of quaternary nitrogens is 1. The van der Waals surface area contributed by atoms with Gasteiger partial charge in [-0.1, -0.05) is 73.7 Å². The summed E-state index contributed by atoms with van der Waals surface area (Å²) in [7, 11) is 0. The molecule has 6 atom stereocenters. The van der Waals surface area contributed by atoms with Crippen molar-refractivity contribution in [3.8, 4) is 0 Å². The lowest BCUT2D eigenvalue weighted by Gasteiger charge is -2.43. The van der Waals surface area contributed by atoms with E-state index in [2.05, 4.69) is 93.6 Å². The van der Waals surface area contributed by atoms with Gasteiger partial charge in [-0.25, -0.2) is 0 Å². The molecule has 0 radical (unpaired) electrons. The molecular weight excluding hydrogens is 390 g/mol. The molecule has 2 heteroatoms. The average molecular weight is 427 g/mol. The van der Waals surface area contributed by atoms with E-state index in [1.54, 1.807) is 0 Å². The molecule has 2 saturated heterocycles. The van der Waals surface area contributed by atoms with E-state index in [9.17, 15) is 0 Å². The van der Waals surface area contributed by atoms with Crippen molar-refractivity contribution in [1.29, 1.82) is 0 Å². The molecule has 0 N–H and O–H groups in total. The Morgan fingerprint density at radius 2 is 1.62 bits per heavy atom.